The lowest BCUT2D eigenvalue weighted by Gasteiger charge is -2.19. The maximum absolute atomic E-state index is 13.8. The van der Waals surface area contributed by atoms with Gasteiger partial charge in [-0.05, 0) is 30.3 Å². The van der Waals surface area contributed by atoms with E-state index in [1.165, 1.54) is 11.3 Å². The quantitative estimate of drug-likeness (QED) is 0.397. The van der Waals surface area contributed by atoms with Gasteiger partial charge >= 0.3 is 0 Å². The van der Waals surface area contributed by atoms with Crippen molar-refractivity contribution in [3.8, 4) is 11.5 Å². The first-order valence-corrected chi connectivity index (χ1v) is 10.8. The molecule has 0 aliphatic heterocycles. The van der Waals surface area contributed by atoms with Gasteiger partial charge in [0.05, 0.1) is 32.0 Å². The van der Waals surface area contributed by atoms with Crippen LogP contribution in [-0.4, -0.2) is 35.1 Å². The number of amides is 1. The van der Waals surface area contributed by atoms with Crippen LogP contribution in [0.3, 0.4) is 0 Å². The van der Waals surface area contributed by atoms with Gasteiger partial charge in [0.15, 0.2) is 5.13 Å². The number of nitrogens with one attached hydrogen (secondary N) is 1. The van der Waals surface area contributed by atoms with Crippen LogP contribution in [0.4, 0.5) is 5.13 Å². The van der Waals surface area contributed by atoms with Crippen molar-refractivity contribution < 1.29 is 14.3 Å². The minimum absolute atomic E-state index is 0.162. The number of anilines is 1. The van der Waals surface area contributed by atoms with Crippen LogP contribution < -0.4 is 14.4 Å². The Morgan fingerprint density at radius 2 is 1.81 bits per heavy atom. The fraction of sp³-hybridized carbons (Fsp3) is 0.125. The molecular weight excluding hydrogens is 424 g/mol. The number of pyridine rings is 1. The second-order valence-corrected chi connectivity index (χ2v) is 8.08. The van der Waals surface area contributed by atoms with Crippen molar-refractivity contribution in [1.82, 2.24) is 15.0 Å². The number of aromatic nitrogens is 3. The standard InChI is InChI=1S/C24H20N4O3S/c1-30-19-10-11-20(31-2)22-21(19)27-24(32-22)28(14-15-7-5-6-12-25-15)23(29)17-13-26-18-9-4-3-8-16(17)18/h3-13,26H,14H2,1-2H3. The van der Waals surface area contributed by atoms with E-state index in [1.54, 1.807) is 31.5 Å². The molecule has 0 saturated carbocycles. The molecule has 0 aliphatic carbocycles. The molecule has 0 aliphatic rings. The molecule has 1 N–H and O–H groups in total. The van der Waals surface area contributed by atoms with Crippen LogP contribution in [0.25, 0.3) is 21.1 Å². The number of carbonyl (C=O) groups excluding carboxylic acids is 1. The monoisotopic (exact) mass is 444 g/mol. The lowest BCUT2D eigenvalue weighted by atomic mass is 10.1. The number of methoxy groups -OCH3 is 2. The summed E-state index contributed by atoms with van der Waals surface area (Å²) in [5, 5.41) is 1.41. The minimum atomic E-state index is -0.162. The van der Waals surface area contributed by atoms with Crippen molar-refractivity contribution in [3.63, 3.8) is 0 Å². The topological polar surface area (TPSA) is 80.3 Å². The minimum Gasteiger partial charge on any atom is -0.495 e. The fourth-order valence-corrected chi connectivity index (χ4v) is 4.74. The zero-order chi connectivity index (χ0) is 22.1. The van der Waals surface area contributed by atoms with Gasteiger partial charge in [0.1, 0.15) is 21.7 Å². The normalized spacial score (nSPS) is 11.1. The van der Waals surface area contributed by atoms with Gasteiger partial charge in [-0.1, -0.05) is 35.6 Å². The molecule has 0 atom stereocenters. The molecule has 1 amide bonds. The Morgan fingerprint density at radius 3 is 2.59 bits per heavy atom. The van der Waals surface area contributed by atoms with Gasteiger partial charge in [-0.15, -0.1) is 0 Å². The third-order valence-electron chi connectivity index (χ3n) is 5.24. The second kappa shape index (κ2) is 8.32. The van der Waals surface area contributed by atoms with E-state index in [2.05, 4.69) is 9.97 Å². The zero-order valence-electron chi connectivity index (χ0n) is 17.5. The SMILES string of the molecule is COc1ccc(OC)c2sc(N(Cc3ccccn3)C(=O)c3c[nH]c4ccccc34)nc12. The molecule has 8 heteroatoms. The molecular formula is C24H20N4O3S. The van der Waals surface area contributed by atoms with E-state index in [0.29, 0.717) is 27.7 Å². The third kappa shape index (κ3) is 3.44. The maximum Gasteiger partial charge on any atom is 0.262 e. The number of aromatic amines is 1. The Morgan fingerprint density at radius 1 is 1.03 bits per heavy atom. The van der Waals surface area contributed by atoms with E-state index in [1.807, 2.05) is 54.6 Å². The molecule has 0 saturated heterocycles. The number of fused-ring (bicyclic) bond motifs is 2. The van der Waals surface area contributed by atoms with E-state index in [0.717, 1.165) is 21.3 Å². The van der Waals surface area contributed by atoms with Crippen molar-refractivity contribution in [2.75, 3.05) is 19.1 Å². The summed E-state index contributed by atoms with van der Waals surface area (Å²) in [4.78, 5) is 27.8. The number of benzene rings is 2. The number of carbonyl (C=O) groups is 1. The van der Waals surface area contributed by atoms with Crippen molar-refractivity contribution in [2.24, 2.45) is 0 Å². The van der Waals surface area contributed by atoms with E-state index in [9.17, 15) is 4.79 Å². The Labute approximate surface area is 188 Å². The molecule has 3 heterocycles. The van der Waals surface area contributed by atoms with E-state index >= 15 is 0 Å². The molecule has 0 fully saturated rings. The molecule has 7 nitrogen and oxygen atoms in total. The molecule has 32 heavy (non-hydrogen) atoms. The van der Waals surface area contributed by atoms with Gasteiger partial charge < -0.3 is 14.5 Å². The molecule has 3 aromatic heterocycles. The highest BCUT2D eigenvalue weighted by Crippen LogP contribution is 2.41. The first-order valence-electron chi connectivity index (χ1n) is 9.99. The summed E-state index contributed by atoms with van der Waals surface area (Å²) in [5.41, 5.74) is 2.90. The average molecular weight is 445 g/mol. The number of hydrogen-bond donors (Lipinski definition) is 1. The van der Waals surface area contributed by atoms with E-state index in [4.69, 9.17) is 14.5 Å². The molecule has 5 rings (SSSR count). The zero-order valence-corrected chi connectivity index (χ0v) is 18.3. The van der Waals surface area contributed by atoms with Crippen molar-refractivity contribution in [3.05, 3.63) is 78.2 Å². The molecule has 5 aromatic rings. The van der Waals surface area contributed by atoms with Crippen molar-refractivity contribution in [2.45, 2.75) is 6.54 Å². The average Bonchev–Trinajstić information content (AvgIpc) is 3.47. The van der Waals surface area contributed by atoms with Crippen LogP contribution in [0.5, 0.6) is 11.5 Å². The highest BCUT2D eigenvalue weighted by Gasteiger charge is 2.26. The number of rotatable bonds is 6. The van der Waals surface area contributed by atoms with Gasteiger partial charge in [-0.2, -0.15) is 0 Å². The van der Waals surface area contributed by atoms with E-state index < -0.39 is 0 Å². The van der Waals surface area contributed by atoms with Crippen molar-refractivity contribution >= 4 is 43.5 Å². The van der Waals surface area contributed by atoms with Crippen LogP contribution in [0, 0.1) is 0 Å². The van der Waals surface area contributed by atoms with Crippen LogP contribution >= 0.6 is 11.3 Å². The summed E-state index contributed by atoms with van der Waals surface area (Å²) in [7, 11) is 3.21. The van der Waals surface area contributed by atoms with Gasteiger partial charge in [0.25, 0.3) is 5.91 Å². The molecule has 0 spiro atoms. The Bertz CT molecular complexity index is 1370. The van der Waals surface area contributed by atoms with Crippen LogP contribution in [0.15, 0.2) is 67.0 Å². The smallest absolute Gasteiger partial charge is 0.262 e. The fourth-order valence-electron chi connectivity index (χ4n) is 3.66. The molecule has 2 aromatic carbocycles. The van der Waals surface area contributed by atoms with Crippen molar-refractivity contribution in [1.29, 1.82) is 0 Å². The van der Waals surface area contributed by atoms with Crippen LogP contribution in [0.2, 0.25) is 0 Å². The first-order chi connectivity index (χ1) is 15.7. The number of H-pyrrole nitrogens is 1. The molecule has 0 unspecified atom stereocenters. The summed E-state index contributed by atoms with van der Waals surface area (Å²) < 4.78 is 11.8. The lowest BCUT2D eigenvalue weighted by molar-refractivity contribution is 0.0986. The van der Waals surface area contributed by atoms with Gasteiger partial charge in [-0.3, -0.25) is 14.7 Å². The predicted octanol–water partition coefficient (Wildman–Crippen LogP) is 5.04. The molecule has 0 radical (unpaired) electrons. The number of hydrogen-bond acceptors (Lipinski definition) is 6. The number of para-hydroxylation sites is 1. The Balaban J connectivity index is 1.66. The summed E-state index contributed by atoms with van der Waals surface area (Å²) in [5.74, 6) is 1.15. The van der Waals surface area contributed by atoms with E-state index in [-0.39, 0.29) is 12.5 Å². The first kappa shape index (κ1) is 20.0. The number of ether oxygens (including phenoxy) is 2. The van der Waals surface area contributed by atoms with Gasteiger partial charge in [0, 0.05) is 23.3 Å². The highest BCUT2D eigenvalue weighted by atomic mass is 32.1. The third-order valence-corrected chi connectivity index (χ3v) is 6.33. The Kier molecular flexibility index (Phi) is 5.20. The second-order valence-electron chi connectivity index (χ2n) is 7.10. The largest absolute Gasteiger partial charge is 0.495 e. The summed E-state index contributed by atoms with van der Waals surface area (Å²) >= 11 is 1.39. The number of thiazole rings is 1. The summed E-state index contributed by atoms with van der Waals surface area (Å²) in [6.07, 6.45) is 3.46. The summed E-state index contributed by atoms with van der Waals surface area (Å²) in [6, 6.07) is 17.0. The summed E-state index contributed by atoms with van der Waals surface area (Å²) in [6.45, 7) is 0.281. The molecule has 0 bridgehead atoms. The van der Waals surface area contributed by atoms with Gasteiger partial charge in [0.2, 0.25) is 0 Å². The lowest BCUT2D eigenvalue weighted by Crippen LogP contribution is -2.30. The Hall–Kier alpha value is -3.91. The highest BCUT2D eigenvalue weighted by molar-refractivity contribution is 7.22. The maximum atomic E-state index is 13.8. The predicted molar refractivity (Wildman–Crippen MR) is 126 cm³/mol. The number of nitrogens with zero attached hydrogens (tertiary/aromatic N) is 3. The van der Waals surface area contributed by atoms with Crippen LogP contribution in [0.1, 0.15) is 16.1 Å². The van der Waals surface area contributed by atoms with Crippen LogP contribution in [-0.2, 0) is 6.54 Å². The molecule has 160 valence electrons. The van der Waals surface area contributed by atoms with Gasteiger partial charge in [-0.25, -0.2) is 4.98 Å².